The number of nitrogens with one attached hydrogen (secondary N) is 1. The molecule has 3 saturated heterocycles. The molecule has 1 N–H and O–H groups in total. The van der Waals surface area contributed by atoms with Crippen LogP contribution in [0.25, 0.3) is 0 Å². The van der Waals surface area contributed by atoms with Crippen LogP contribution >= 0.6 is 0 Å². The molecule has 4 nitrogen and oxygen atoms in total. The zero-order valence-corrected chi connectivity index (χ0v) is 10.0. The van der Waals surface area contributed by atoms with Crippen molar-refractivity contribution < 1.29 is 4.79 Å². The third-order valence-electron chi connectivity index (χ3n) is 4.50. The van der Waals surface area contributed by atoms with Crippen molar-refractivity contribution in [1.82, 2.24) is 15.1 Å². The van der Waals surface area contributed by atoms with Crippen molar-refractivity contribution >= 4 is 5.91 Å². The summed E-state index contributed by atoms with van der Waals surface area (Å²) in [5.74, 6) is 0.261. The van der Waals surface area contributed by atoms with E-state index in [9.17, 15) is 4.79 Å². The van der Waals surface area contributed by atoms with Crippen LogP contribution in [0.15, 0.2) is 0 Å². The minimum Gasteiger partial charge on any atom is -0.353 e. The minimum absolute atomic E-state index is 0.167. The van der Waals surface area contributed by atoms with E-state index in [4.69, 9.17) is 0 Å². The predicted octanol–water partition coefficient (Wildman–Crippen LogP) is 0.0450. The van der Waals surface area contributed by atoms with Crippen LogP contribution in [0.1, 0.15) is 25.7 Å². The van der Waals surface area contributed by atoms with E-state index in [0.29, 0.717) is 0 Å². The Kier molecular flexibility index (Phi) is 2.44. The Hall–Kier alpha value is -0.610. The molecule has 16 heavy (non-hydrogen) atoms. The number of piperazine rings is 1. The second kappa shape index (κ2) is 3.70. The maximum Gasteiger partial charge on any atom is 0.237 e. The highest BCUT2D eigenvalue weighted by molar-refractivity contribution is 5.83. The monoisotopic (exact) mass is 223 g/mol. The summed E-state index contributed by atoms with van der Waals surface area (Å²) in [6.45, 7) is 4.29. The zero-order chi connectivity index (χ0) is 11.2. The second-order valence-electron chi connectivity index (χ2n) is 5.63. The standard InChI is InChI=1S/C12H21N3O/c1-14-6-3-5-12(9-14)8-13-11(16)10-4-2-7-15(10)12/h10H,2-9H2,1H3,(H,13,16)/t10-,12?/m0/s1. The van der Waals surface area contributed by atoms with Crippen LogP contribution in [0, 0.1) is 0 Å². The fourth-order valence-corrected chi connectivity index (χ4v) is 3.80. The van der Waals surface area contributed by atoms with Gasteiger partial charge in [-0.15, -0.1) is 0 Å². The molecule has 1 amide bonds. The molecule has 0 aromatic carbocycles. The van der Waals surface area contributed by atoms with E-state index in [-0.39, 0.29) is 17.5 Å². The Morgan fingerprint density at radius 3 is 3.06 bits per heavy atom. The molecular formula is C12H21N3O. The van der Waals surface area contributed by atoms with Crippen molar-refractivity contribution in [2.45, 2.75) is 37.3 Å². The number of likely N-dealkylation sites (N-methyl/N-ethyl adjacent to an activating group) is 1. The van der Waals surface area contributed by atoms with Gasteiger partial charge in [0, 0.05) is 13.1 Å². The lowest BCUT2D eigenvalue weighted by molar-refractivity contribution is -0.135. The van der Waals surface area contributed by atoms with Gasteiger partial charge in [-0.05, 0) is 45.8 Å². The first-order chi connectivity index (χ1) is 7.71. The van der Waals surface area contributed by atoms with E-state index >= 15 is 0 Å². The van der Waals surface area contributed by atoms with E-state index in [1.165, 1.54) is 25.8 Å². The molecule has 3 aliphatic rings. The average Bonchev–Trinajstić information content (AvgIpc) is 2.75. The summed E-state index contributed by atoms with van der Waals surface area (Å²) in [6, 6.07) is 0.167. The summed E-state index contributed by atoms with van der Waals surface area (Å²) in [7, 11) is 2.20. The lowest BCUT2D eigenvalue weighted by Crippen LogP contribution is -2.70. The minimum atomic E-state index is 0.167. The molecule has 3 rings (SSSR count). The fraction of sp³-hybridized carbons (Fsp3) is 0.917. The highest BCUT2D eigenvalue weighted by Crippen LogP contribution is 2.35. The van der Waals surface area contributed by atoms with E-state index in [2.05, 4.69) is 22.2 Å². The molecule has 3 aliphatic heterocycles. The number of likely N-dealkylation sites (tertiary alicyclic amines) is 1. The number of amides is 1. The number of carbonyl (C=O) groups is 1. The zero-order valence-electron chi connectivity index (χ0n) is 10.0. The van der Waals surface area contributed by atoms with Crippen molar-refractivity contribution in [2.75, 3.05) is 33.2 Å². The molecular weight excluding hydrogens is 202 g/mol. The molecule has 0 aromatic rings. The molecule has 90 valence electrons. The Morgan fingerprint density at radius 2 is 2.25 bits per heavy atom. The normalized spacial score (nSPS) is 41.1. The molecule has 1 unspecified atom stereocenters. The number of hydrogen-bond acceptors (Lipinski definition) is 3. The van der Waals surface area contributed by atoms with Crippen molar-refractivity contribution in [2.24, 2.45) is 0 Å². The topological polar surface area (TPSA) is 35.6 Å². The average molecular weight is 223 g/mol. The van der Waals surface area contributed by atoms with Gasteiger partial charge in [0.25, 0.3) is 0 Å². The molecule has 0 radical (unpaired) electrons. The van der Waals surface area contributed by atoms with Crippen molar-refractivity contribution in [1.29, 1.82) is 0 Å². The van der Waals surface area contributed by atoms with Crippen LogP contribution in [0.4, 0.5) is 0 Å². The second-order valence-corrected chi connectivity index (χ2v) is 5.63. The third-order valence-corrected chi connectivity index (χ3v) is 4.50. The third kappa shape index (κ3) is 1.47. The number of rotatable bonds is 0. The summed E-state index contributed by atoms with van der Waals surface area (Å²) in [5.41, 5.74) is 0.238. The first-order valence-corrected chi connectivity index (χ1v) is 6.44. The van der Waals surface area contributed by atoms with Gasteiger partial charge in [-0.3, -0.25) is 9.69 Å². The van der Waals surface area contributed by atoms with Crippen LogP contribution in [0.5, 0.6) is 0 Å². The summed E-state index contributed by atoms with van der Waals surface area (Å²) < 4.78 is 0. The molecule has 0 aliphatic carbocycles. The largest absolute Gasteiger partial charge is 0.353 e. The van der Waals surface area contributed by atoms with Gasteiger partial charge in [-0.25, -0.2) is 0 Å². The maximum atomic E-state index is 11.8. The molecule has 0 bridgehead atoms. The Morgan fingerprint density at radius 1 is 1.38 bits per heavy atom. The summed E-state index contributed by atoms with van der Waals surface area (Å²) in [5, 5.41) is 3.13. The molecule has 0 aromatic heterocycles. The predicted molar refractivity (Wildman–Crippen MR) is 62.2 cm³/mol. The first kappa shape index (κ1) is 10.5. The van der Waals surface area contributed by atoms with E-state index < -0.39 is 0 Å². The van der Waals surface area contributed by atoms with E-state index in [1.807, 2.05) is 0 Å². The smallest absolute Gasteiger partial charge is 0.237 e. The van der Waals surface area contributed by atoms with Gasteiger partial charge >= 0.3 is 0 Å². The highest BCUT2D eigenvalue weighted by atomic mass is 16.2. The lowest BCUT2D eigenvalue weighted by atomic mass is 9.84. The van der Waals surface area contributed by atoms with Crippen molar-refractivity contribution in [3.63, 3.8) is 0 Å². The molecule has 1 spiro atoms. The van der Waals surface area contributed by atoms with Crippen LogP contribution in [0.2, 0.25) is 0 Å². The van der Waals surface area contributed by atoms with Gasteiger partial charge in [0.1, 0.15) is 0 Å². The van der Waals surface area contributed by atoms with Crippen molar-refractivity contribution in [3.05, 3.63) is 0 Å². The van der Waals surface area contributed by atoms with Gasteiger partial charge in [-0.1, -0.05) is 0 Å². The van der Waals surface area contributed by atoms with Gasteiger partial charge in [0.2, 0.25) is 5.91 Å². The number of fused-ring (bicyclic) bond motifs is 2. The number of carbonyl (C=O) groups excluding carboxylic acids is 1. The molecule has 0 saturated carbocycles. The number of nitrogens with zero attached hydrogens (tertiary/aromatic N) is 2. The quantitative estimate of drug-likeness (QED) is 0.630. The Bertz CT molecular complexity index is 307. The summed E-state index contributed by atoms with van der Waals surface area (Å²) >= 11 is 0. The Labute approximate surface area is 97.0 Å². The van der Waals surface area contributed by atoms with Crippen LogP contribution in [0.3, 0.4) is 0 Å². The van der Waals surface area contributed by atoms with Crippen LogP contribution < -0.4 is 5.32 Å². The molecule has 4 heteroatoms. The fourth-order valence-electron chi connectivity index (χ4n) is 3.80. The van der Waals surface area contributed by atoms with Gasteiger partial charge in [-0.2, -0.15) is 0 Å². The molecule has 3 fully saturated rings. The molecule has 3 heterocycles. The maximum absolute atomic E-state index is 11.8. The van der Waals surface area contributed by atoms with E-state index in [1.54, 1.807) is 0 Å². The van der Waals surface area contributed by atoms with Gasteiger partial charge in [0.05, 0.1) is 11.6 Å². The number of piperidine rings is 1. The number of hydrogen-bond donors (Lipinski definition) is 1. The first-order valence-electron chi connectivity index (χ1n) is 6.44. The summed E-state index contributed by atoms with van der Waals surface area (Å²) in [4.78, 5) is 16.7. The highest BCUT2D eigenvalue weighted by Gasteiger charge is 2.49. The van der Waals surface area contributed by atoms with Crippen LogP contribution in [-0.2, 0) is 4.79 Å². The van der Waals surface area contributed by atoms with Crippen LogP contribution in [-0.4, -0.2) is 60.5 Å². The van der Waals surface area contributed by atoms with Gasteiger partial charge < -0.3 is 10.2 Å². The van der Waals surface area contributed by atoms with Gasteiger partial charge in [0.15, 0.2) is 0 Å². The lowest BCUT2D eigenvalue weighted by Gasteiger charge is -2.52. The summed E-state index contributed by atoms with van der Waals surface area (Å²) in [6.07, 6.45) is 4.74. The molecule has 2 atom stereocenters. The Balaban J connectivity index is 1.86. The SMILES string of the molecule is CN1CCCC2(CNC(=O)[C@@H]3CCCN32)C1. The van der Waals surface area contributed by atoms with Crippen molar-refractivity contribution in [3.8, 4) is 0 Å². The van der Waals surface area contributed by atoms with E-state index in [0.717, 1.165) is 26.1 Å².